The summed E-state index contributed by atoms with van der Waals surface area (Å²) >= 11 is 1.36. The van der Waals surface area contributed by atoms with Crippen LogP contribution in [0.2, 0.25) is 0 Å². The van der Waals surface area contributed by atoms with Crippen LogP contribution in [-0.4, -0.2) is 49.8 Å². The second-order valence-corrected chi connectivity index (χ2v) is 9.64. The Bertz CT molecular complexity index is 1290. The van der Waals surface area contributed by atoms with E-state index in [9.17, 15) is 17.2 Å². The van der Waals surface area contributed by atoms with E-state index in [1.807, 2.05) is 0 Å². The van der Waals surface area contributed by atoms with Gasteiger partial charge < -0.3 is 0 Å². The first-order valence-electron chi connectivity index (χ1n) is 8.97. The lowest BCUT2D eigenvalue weighted by Gasteiger charge is -2.31. The number of fused-ring (bicyclic) bond motifs is 2. The van der Waals surface area contributed by atoms with Gasteiger partial charge in [0.2, 0.25) is 0 Å². The lowest BCUT2D eigenvalue weighted by molar-refractivity contribution is 0.148. The van der Waals surface area contributed by atoms with Crippen molar-refractivity contribution in [2.45, 2.75) is 30.2 Å². The summed E-state index contributed by atoms with van der Waals surface area (Å²) in [6.07, 6.45) is 4.21. The summed E-state index contributed by atoms with van der Waals surface area (Å²) in [6.45, 7) is 0.505. The molecule has 12 heteroatoms. The largest absolute Gasteiger partial charge is 0.280 e. The quantitative estimate of drug-likeness (QED) is 0.489. The molecule has 0 bridgehead atoms. The van der Waals surface area contributed by atoms with Crippen molar-refractivity contribution in [2.24, 2.45) is 0 Å². The lowest BCUT2D eigenvalue weighted by Crippen LogP contribution is -2.38. The highest BCUT2D eigenvalue weighted by Crippen LogP contribution is 2.36. The number of imidazole rings is 1. The minimum Gasteiger partial charge on any atom is -0.280 e. The number of piperidine rings is 1. The predicted molar refractivity (Wildman–Crippen MR) is 102 cm³/mol. The first-order chi connectivity index (χ1) is 13.9. The van der Waals surface area contributed by atoms with E-state index >= 15 is 0 Å². The normalized spacial score (nSPS) is 17.1. The number of nitrogens with zero attached hydrogens (tertiary/aromatic N) is 6. The zero-order valence-electron chi connectivity index (χ0n) is 15.0. The monoisotopic (exact) mass is 438 g/mol. The van der Waals surface area contributed by atoms with Gasteiger partial charge in [-0.1, -0.05) is 0 Å². The minimum absolute atomic E-state index is 0.0671. The van der Waals surface area contributed by atoms with Gasteiger partial charge in [0.05, 0.1) is 6.20 Å². The van der Waals surface area contributed by atoms with E-state index < -0.39 is 16.4 Å². The van der Waals surface area contributed by atoms with Crippen LogP contribution in [-0.2, 0) is 10.0 Å². The molecular weight excluding hydrogens is 422 g/mol. The molecule has 0 aromatic carbocycles. The van der Waals surface area contributed by atoms with Gasteiger partial charge in [-0.25, -0.2) is 31.7 Å². The van der Waals surface area contributed by atoms with Gasteiger partial charge in [-0.3, -0.25) is 4.40 Å². The van der Waals surface area contributed by atoms with E-state index in [4.69, 9.17) is 0 Å². The zero-order valence-corrected chi connectivity index (χ0v) is 16.7. The predicted octanol–water partition coefficient (Wildman–Crippen LogP) is 2.94. The molecule has 4 aromatic heterocycles. The highest BCUT2D eigenvalue weighted by molar-refractivity contribution is 7.89. The summed E-state index contributed by atoms with van der Waals surface area (Å²) < 4.78 is 57.8. The van der Waals surface area contributed by atoms with Gasteiger partial charge in [-0.2, -0.15) is 9.40 Å². The third kappa shape index (κ3) is 3.02. The Hall–Kier alpha value is -2.44. The van der Waals surface area contributed by atoms with Crippen molar-refractivity contribution in [1.29, 1.82) is 0 Å². The number of pyridine rings is 1. The molecule has 0 spiro atoms. The second kappa shape index (κ2) is 6.82. The topological polar surface area (TPSA) is 84.9 Å². The fourth-order valence-corrected chi connectivity index (χ4v) is 6.14. The Labute approximate surface area is 168 Å². The van der Waals surface area contributed by atoms with Crippen molar-refractivity contribution in [3.05, 3.63) is 47.5 Å². The van der Waals surface area contributed by atoms with Crippen LogP contribution in [0.5, 0.6) is 0 Å². The fraction of sp³-hybridized carbons (Fsp3) is 0.353. The van der Waals surface area contributed by atoms with Crippen molar-refractivity contribution in [3.63, 3.8) is 0 Å². The van der Waals surface area contributed by atoms with Crippen LogP contribution in [0.25, 0.3) is 10.6 Å². The highest BCUT2D eigenvalue weighted by atomic mass is 32.2. The van der Waals surface area contributed by atoms with Gasteiger partial charge >= 0.3 is 0 Å². The van der Waals surface area contributed by atoms with Crippen molar-refractivity contribution in [3.8, 4) is 0 Å². The third-order valence-electron chi connectivity index (χ3n) is 5.33. The Kier molecular flexibility index (Phi) is 4.37. The van der Waals surface area contributed by atoms with E-state index in [0.29, 0.717) is 29.0 Å². The number of sulfonamides is 1. The molecular formula is C17H16F2N6O2S2. The standard InChI is InChI=1S/C17H16F2N6O2S2/c18-16(19)12-7-14-21-10-22-25(14)9-13(12)11-1-3-23(4-2-11)29(26,27)15-8-20-17-24(15)5-6-28-17/h5-11,16H,1-4H2. The molecule has 0 amide bonds. The Morgan fingerprint density at radius 3 is 2.76 bits per heavy atom. The van der Waals surface area contributed by atoms with Crippen LogP contribution >= 0.6 is 11.3 Å². The average Bonchev–Trinajstić information content (AvgIpc) is 3.43. The number of rotatable bonds is 4. The van der Waals surface area contributed by atoms with E-state index in [1.165, 1.54) is 38.7 Å². The number of alkyl halides is 2. The highest BCUT2D eigenvalue weighted by Gasteiger charge is 2.33. The summed E-state index contributed by atoms with van der Waals surface area (Å²) in [7, 11) is -3.71. The third-order valence-corrected chi connectivity index (χ3v) is 7.97. The second-order valence-electron chi connectivity index (χ2n) is 6.88. The number of halogens is 2. The zero-order chi connectivity index (χ0) is 20.2. The van der Waals surface area contributed by atoms with E-state index in [1.54, 1.807) is 22.2 Å². The molecule has 1 aliphatic heterocycles. The molecule has 0 saturated carbocycles. The summed E-state index contributed by atoms with van der Waals surface area (Å²) in [5.41, 5.74) is 0.798. The molecule has 0 atom stereocenters. The Morgan fingerprint density at radius 2 is 2.00 bits per heavy atom. The molecule has 5 heterocycles. The molecule has 5 rings (SSSR count). The number of hydrogen-bond donors (Lipinski definition) is 0. The first-order valence-corrected chi connectivity index (χ1v) is 11.3. The smallest absolute Gasteiger partial charge is 0.264 e. The molecule has 29 heavy (non-hydrogen) atoms. The van der Waals surface area contributed by atoms with Gasteiger partial charge in [0, 0.05) is 36.4 Å². The van der Waals surface area contributed by atoms with Crippen LogP contribution in [0.15, 0.2) is 41.4 Å². The van der Waals surface area contributed by atoms with E-state index in [-0.39, 0.29) is 29.6 Å². The van der Waals surface area contributed by atoms with Crippen molar-refractivity contribution in [2.75, 3.05) is 13.1 Å². The van der Waals surface area contributed by atoms with Crippen LogP contribution in [0.4, 0.5) is 8.78 Å². The van der Waals surface area contributed by atoms with E-state index in [2.05, 4.69) is 15.1 Å². The lowest BCUT2D eigenvalue weighted by atomic mass is 9.88. The SMILES string of the molecule is O=S(=O)(c1cnc2sccn12)N1CCC(c2cn3ncnc3cc2C(F)F)CC1. The maximum absolute atomic E-state index is 13.6. The number of thiazole rings is 1. The van der Waals surface area contributed by atoms with Crippen LogP contribution in [0.1, 0.15) is 36.3 Å². The van der Waals surface area contributed by atoms with Crippen LogP contribution in [0.3, 0.4) is 0 Å². The summed E-state index contributed by atoms with van der Waals surface area (Å²) in [6, 6.07) is 1.36. The van der Waals surface area contributed by atoms with Crippen LogP contribution < -0.4 is 0 Å². The molecule has 4 aromatic rings. The molecule has 0 N–H and O–H groups in total. The van der Waals surface area contributed by atoms with E-state index in [0.717, 1.165) is 0 Å². The molecule has 1 saturated heterocycles. The van der Waals surface area contributed by atoms with Crippen LogP contribution in [0, 0.1) is 0 Å². The molecule has 0 unspecified atom stereocenters. The maximum atomic E-state index is 13.6. The summed E-state index contributed by atoms with van der Waals surface area (Å²) in [5.74, 6) is -0.175. The molecule has 0 aliphatic carbocycles. The van der Waals surface area contributed by atoms with Gasteiger partial charge in [-0.05, 0) is 30.4 Å². The molecule has 1 aliphatic rings. The molecule has 1 fully saturated rings. The van der Waals surface area contributed by atoms with Gasteiger partial charge in [0.15, 0.2) is 15.6 Å². The van der Waals surface area contributed by atoms with Gasteiger partial charge in [-0.15, -0.1) is 11.3 Å². The summed E-state index contributed by atoms with van der Waals surface area (Å²) in [4.78, 5) is 8.71. The minimum atomic E-state index is -3.71. The Balaban J connectivity index is 1.41. The summed E-state index contributed by atoms with van der Waals surface area (Å²) in [5, 5.41) is 5.94. The van der Waals surface area contributed by atoms with Gasteiger partial charge in [0.1, 0.15) is 6.33 Å². The molecule has 8 nitrogen and oxygen atoms in total. The molecule has 152 valence electrons. The van der Waals surface area contributed by atoms with Crippen molar-refractivity contribution < 1.29 is 17.2 Å². The van der Waals surface area contributed by atoms with Crippen molar-refractivity contribution >= 4 is 32.0 Å². The number of hydrogen-bond acceptors (Lipinski definition) is 6. The molecule has 0 radical (unpaired) electrons. The first kappa shape index (κ1) is 18.6. The fourth-order valence-electron chi connectivity index (χ4n) is 3.86. The average molecular weight is 438 g/mol. The Morgan fingerprint density at radius 1 is 1.21 bits per heavy atom. The maximum Gasteiger partial charge on any atom is 0.264 e. The number of aromatic nitrogens is 5. The van der Waals surface area contributed by atoms with Gasteiger partial charge in [0.25, 0.3) is 16.4 Å². The van der Waals surface area contributed by atoms with Crippen molar-refractivity contribution in [1.82, 2.24) is 28.3 Å².